The predicted molar refractivity (Wildman–Crippen MR) is 54.7 cm³/mol. The third kappa shape index (κ3) is 2.21. The summed E-state index contributed by atoms with van der Waals surface area (Å²) in [6.07, 6.45) is 4.30. The first-order valence-corrected chi connectivity index (χ1v) is 5.16. The highest BCUT2D eigenvalue weighted by Gasteiger charge is 2.18. The van der Waals surface area contributed by atoms with Gasteiger partial charge in [0, 0.05) is 19.3 Å². The number of nitrogens with zero attached hydrogens (tertiary/aromatic N) is 1. The lowest BCUT2D eigenvalue weighted by atomic mass is 10.2. The number of carbonyl (C=O) groups excluding carboxylic acids is 1. The van der Waals surface area contributed by atoms with E-state index in [1.165, 1.54) is 7.11 Å². The molecule has 4 heteroatoms. The molecule has 1 aromatic heterocycles. The summed E-state index contributed by atoms with van der Waals surface area (Å²) in [7, 11) is 1.39. The molecular weight excluding hydrogens is 194 g/mol. The monoisotopic (exact) mass is 209 g/mol. The largest absolute Gasteiger partial charge is 0.464 e. The number of rotatable bonds is 3. The smallest absolute Gasteiger partial charge is 0.354 e. The van der Waals surface area contributed by atoms with Gasteiger partial charge in [0.25, 0.3) is 0 Å². The zero-order valence-corrected chi connectivity index (χ0v) is 8.81. The van der Waals surface area contributed by atoms with Crippen molar-refractivity contribution in [3.8, 4) is 0 Å². The Kier molecular flexibility index (Phi) is 3.06. The Hall–Kier alpha value is -1.29. The van der Waals surface area contributed by atoms with Gasteiger partial charge < -0.3 is 14.0 Å². The summed E-state index contributed by atoms with van der Waals surface area (Å²) in [5.74, 6) is -0.294. The molecule has 0 amide bonds. The minimum absolute atomic E-state index is 0.237. The van der Waals surface area contributed by atoms with Crippen LogP contribution < -0.4 is 0 Å². The van der Waals surface area contributed by atoms with Gasteiger partial charge in [-0.1, -0.05) is 0 Å². The first kappa shape index (κ1) is 10.2. The van der Waals surface area contributed by atoms with E-state index in [1.807, 2.05) is 16.8 Å². The molecule has 1 atom stereocenters. The zero-order chi connectivity index (χ0) is 10.7. The second-order valence-electron chi connectivity index (χ2n) is 3.67. The van der Waals surface area contributed by atoms with Crippen molar-refractivity contribution in [3.05, 3.63) is 24.0 Å². The molecule has 0 N–H and O–H groups in total. The molecule has 0 bridgehead atoms. The van der Waals surface area contributed by atoms with Crippen LogP contribution in [0.3, 0.4) is 0 Å². The molecule has 1 aromatic rings. The van der Waals surface area contributed by atoms with Gasteiger partial charge in [-0.3, -0.25) is 0 Å². The fraction of sp³-hybridized carbons (Fsp3) is 0.545. The summed E-state index contributed by atoms with van der Waals surface area (Å²) < 4.78 is 12.1. The van der Waals surface area contributed by atoms with Crippen molar-refractivity contribution in [1.82, 2.24) is 4.57 Å². The lowest BCUT2D eigenvalue weighted by molar-refractivity contribution is 0.0577. The number of carbonyl (C=O) groups is 1. The number of aromatic nitrogens is 1. The Bertz CT molecular complexity index is 339. The van der Waals surface area contributed by atoms with Crippen LogP contribution in [0.15, 0.2) is 18.3 Å². The standard InChI is InChI=1S/C11H15NO3/c1-14-11(13)10-5-2-6-12(10)8-9-4-3-7-15-9/h2,5-6,9H,3-4,7-8H2,1H3. The molecule has 1 fully saturated rings. The van der Waals surface area contributed by atoms with Gasteiger partial charge in [0.15, 0.2) is 0 Å². The summed E-state index contributed by atoms with van der Waals surface area (Å²) in [6.45, 7) is 1.57. The molecule has 0 radical (unpaired) electrons. The van der Waals surface area contributed by atoms with E-state index in [9.17, 15) is 4.79 Å². The molecule has 1 unspecified atom stereocenters. The van der Waals surface area contributed by atoms with Gasteiger partial charge in [-0.2, -0.15) is 0 Å². The van der Waals surface area contributed by atoms with Crippen LogP contribution in [0.2, 0.25) is 0 Å². The van der Waals surface area contributed by atoms with Crippen molar-refractivity contribution >= 4 is 5.97 Å². The Morgan fingerprint density at radius 1 is 1.73 bits per heavy atom. The van der Waals surface area contributed by atoms with E-state index in [4.69, 9.17) is 9.47 Å². The third-order valence-electron chi connectivity index (χ3n) is 2.65. The maximum Gasteiger partial charge on any atom is 0.354 e. The van der Waals surface area contributed by atoms with Gasteiger partial charge >= 0.3 is 5.97 Å². The molecule has 1 aliphatic rings. The van der Waals surface area contributed by atoms with Gasteiger partial charge in [0.1, 0.15) is 5.69 Å². The van der Waals surface area contributed by atoms with E-state index in [2.05, 4.69) is 0 Å². The quantitative estimate of drug-likeness (QED) is 0.707. The van der Waals surface area contributed by atoms with Crippen LogP contribution in [0, 0.1) is 0 Å². The van der Waals surface area contributed by atoms with Gasteiger partial charge in [-0.25, -0.2) is 4.79 Å². The molecule has 0 aromatic carbocycles. The average Bonchev–Trinajstić information content (AvgIpc) is 2.88. The van der Waals surface area contributed by atoms with Crippen molar-refractivity contribution < 1.29 is 14.3 Å². The molecule has 1 saturated heterocycles. The summed E-state index contributed by atoms with van der Waals surface area (Å²) in [5, 5.41) is 0. The third-order valence-corrected chi connectivity index (χ3v) is 2.65. The van der Waals surface area contributed by atoms with Gasteiger partial charge in [0.2, 0.25) is 0 Å². The predicted octanol–water partition coefficient (Wildman–Crippen LogP) is 1.45. The van der Waals surface area contributed by atoms with E-state index in [0.29, 0.717) is 5.69 Å². The second kappa shape index (κ2) is 4.49. The molecule has 15 heavy (non-hydrogen) atoms. The Morgan fingerprint density at radius 3 is 3.27 bits per heavy atom. The van der Waals surface area contributed by atoms with Crippen LogP contribution in [0.1, 0.15) is 23.3 Å². The SMILES string of the molecule is COC(=O)c1cccn1CC1CCCO1. The second-order valence-corrected chi connectivity index (χ2v) is 3.67. The van der Waals surface area contributed by atoms with Crippen LogP contribution in [0.25, 0.3) is 0 Å². The highest BCUT2D eigenvalue weighted by Crippen LogP contribution is 2.15. The van der Waals surface area contributed by atoms with Crippen molar-refractivity contribution in [2.24, 2.45) is 0 Å². The minimum Gasteiger partial charge on any atom is -0.464 e. The Morgan fingerprint density at radius 2 is 2.60 bits per heavy atom. The first-order valence-electron chi connectivity index (χ1n) is 5.16. The summed E-state index contributed by atoms with van der Waals surface area (Å²) in [4.78, 5) is 11.4. The maximum absolute atomic E-state index is 11.4. The van der Waals surface area contributed by atoms with Crippen molar-refractivity contribution in [2.45, 2.75) is 25.5 Å². The molecule has 0 aliphatic carbocycles. The maximum atomic E-state index is 11.4. The minimum atomic E-state index is -0.294. The van der Waals surface area contributed by atoms with Crippen molar-refractivity contribution in [2.75, 3.05) is 13.7 Å². The zero-order valence-electron chi connectivity index (χ0n) is 8.81. The van der Waals surface area contributed by atoms with Crippen molar-refractivity contribution in [3.63, 3.8) is 0 Å². The molecule has 2 heterocycles. The van der Waals surface area contributed by atoms with Crippen LogP contribution >= 0.6 is 0 Å². The normalized spacial score (nSPS) is 20.5. The fourth-order valence-electron chi connectivity index (χ4n) is 1.87. The summed E-state index contributed by atoms with van der Waals surface area (Å²) in [5.41, 5.74) is 0.591. The molecule has 0 spiro atoms. The lowest BCUT2D eigenvalue weighted by Crippen LogP contribution is -2.18. The van der Waals surface area contributed by atoms with Gasteiger partial charge in [0.05, 0.1) is 13.2 Å². The highest BCUT2D eigenvalue weighted by molar-refractivity contribution is 5.87. The molecule has 82 valence electrons. The molecule has 4 nitrogen and oxygen atoms in total. The number of methoxy groups -OCH3 is 1. The van der Waals surface area contributed by atoms with E-state index in [-0.39, 0.29) is 12.1 Å². The fourth-order valence-corrected chi connectivity index (χ4v) is 1.87. The first-order chi connectivity index (χ1) is 7.31. The summed E-state index contributed by atoms with van der Waals surface area (Å²) in [6, 6.07) is 3.61. The topological polar surface area (TPSA) is 40.5 Å². The van der Waals surface area contributed by atoms with Crippen molar-refractivity contribution in [1.29, 1.82) is 0 Å². The Balaban J connectivity index is 2.07. The molecule has 1 aliphatic heterocycles. The number of ether oxygens (including phenoxy) is 2. The molecule has 0 saturated carbocycles. The molecule has 2 rings (SSSR count). The van der Waals surface area contributed by atoms with Crippen LogP contribution in [-0.2, 0) is 16.0 Å². The van der Waals surface area contributed by atoms with Crippen LogP contribution in [0.4, 0.5) is 0 Å². The van der Waals surface area contributed by atoms with E-state index in [0.717, 1.165) is 26.0 Å². The number of esters is 1. The number of hydrogen-bond donors (Lipinski definition) is 0. The highest BCUT2D eigenvalue weighted by atomic mass is 16.5. The van der Waals surface area contributed by atoms with E-state index >= 15 is 0 Å². The molecular formula is C11H15NO3. The van der Waals surface area contributed by atoms with Crippen LogP contribution in [-0.4, -0.2) is 30.4 Å². The summed E-state index contributed by atoms with van der Waals surface area (Å²) >= 11 is 0. The Labute approximate surface area is 88.8 Å². The van der Waals surface area contributed by atoms with Gasteiger partial charge in [-0.05, 0) is 25.0 Å². The average molecular weight is 209 g/mol. The number of hydrogen-bond acceptors (Lipinski definition) is 3. The van der Waals surface area contributed by atoms with E-state index in [1.54, 1.807) is 6.07 Å². The van der Waals surface area contributed by atoms with Gasteiger partial charge in [-0.15, -0.1) is 0 Å². The van der Waals surface area contributed by atoms with Crippen LogP contribution in [0.5, 0.6) is 0 Å². The van der Waals surface area contributed by atoms with E-state index < -0.39 is 0 Å². The lowest BCUT2D eigenvalue weighted by Gasteiger charge is -2.12.